The minimum Gasteiger partial charge on any atom is -0.379 e. The normalized spacial score (nSPS) is 10.8. The number of rotatable bonds is 59. The summed E-state index contributed by atoms with van der Waals surface area (Å²) in [6.07, 6.45) is 0. The van der Waals surface area contributed by atoms with Gasteiger partial charge in [-0.2, -0.15) is 0 Å². The van der Waals surface area contributed by atoms with Crippen LogP contribution in [0.25, 0.3) is 41.8 Å². The highest BCUT2D eigenvalue weighted by molar-refractivity contribution is 5.82. The Morgan fingerprint density at radius 3 is 0.645 bits per heavy atom. The van der Waals surface area contributed by atoms with Crippen molar-refractivity contribution in [3.8, 4) is 0 Å². The Bertz CT molecular complexity index is 1420. The van der Waals surface area contributed by atoms with E-state index in [4.69, 9.17) is 79.0 Å². The van der Waals surface area contributed by atoms with Gasteiger partial charge in [0.05, 0.1) is 185 Å². The van der Waals surface area contributed by atoms with Crippen LogP contribution in [0.4, 0.5) is 0 Å². The van der Waals surface area contributed by atoms with Gasteiger partial charge in [0.1, 0.15) is 0 Å². The van der Waals surface area contributed by atoms with Crippen molar-refractivity contribution in [2.75, 3.05) is 250 Å². The maximum absolute atomic E-state index is 13.1. The van der Waals surface area contributed by atoms with Gasteiger partial charge in [-0.05, 0) is 22.1 Å². The second-order valence-electron chi connectivity index (χ2n) is 15.0. The van der Waals surface area contributed by atoms with E-state index in [1.165, 1.54) is 0 Å². The van der Waals surface area contributed by atoms with Crippen molar-refractivity contribution in [3.63, 3.8) is 0 Å². The molecule has 0 spiro atoms. The van der Waals surface area contributed by atoms with Crippen LogP contribution >= 0.6 is 0 Å². The van der Waals surface area contributed by atoms with Crippen LogP contribution in [-0.2, 0) is 76.0 Å². The standard InChI is InChI=1S/C42H80N18O16/c43-55-51-5-15-69-23-31-73-27-19-65-11-1-47-39(61)35-59(36-40(62)48-2-12-66-20-28-74-32-24-70-16-6-52-56-44)9-10-60(37-41(63)49-3-13-67-21-29-75-33-25-71-17-7-53-57-45)38-42(64)50-4-14-68-22-30-76-34-26-72-18-8-54-58-46/h1-38H2,(H,47,61)(H,48,62)(H,49,63)(H,50,64). The van der Waals surface area contributed by atoms with Crippen molar-refractivity contribution in [2.24, 2.45) is 20.5 Å². The van der Waals surface area contributed by atoms with E-state index < -0.39 is 0 Å². The Kier molecular flexibility index (Phi) is 54.6. The van der Waals surface area contributed by atoms with Gasteiger partial charge in [0.2, 0.25) is 23.6 Å². The molecule has 0 rings (SSSR count). The summed E-state index contributed by atoms with van der Waals surface area (Å²) in [6, 6.07) is 0. The van der Waals surface area contributed by atoms with Crippen LogP contribution in [0.1, 0.15) is 0 Å². The summed E-state index contributed by atoms with van der Waals surface area (Å²) in [5.74, 6) is -1.56. The van der Waals surface area contributed by atoms with Crippen molar-refractivity contribution >= 4 is 23.6 Å². The lowest BCUT2D eigenvalue weighted by Crippen LogP contribution is -2.49. The maximum atomic E-state index is 13.1. The van der Waals surface area contributed by atoms with Gasteiger partial charge in [-0.3, -0.25) is 29.0 Å². The maximum Gasteiger partial charge on any atom is 0.234 e. The molecule has 0 saturated carbocycles. The molecule has 4 N–H and O–H groups in total. The predicted octanol–water partition coefficient (Wildman–Crippen LogP) is -0.504. The molecule has 34 heteroatoms. The Labute approximate surface area is 442 Å². The minimum absolute atomic E-state index is 0.109. The molecule has 0 heterocycles. The average Bonchev–Trinajstić information content (AvgIpc) is 3.40. The van der Waals surface area contributed by atoms with E-state index >= 15 is 0 Å². The first-order valence-electron chi connectivity index (χ1n) is 24.8. The molecule has 76 heavy (non-hydrogen) atoms. The number of azide groups is 4. The van der Waals surface area contributed by atoms with E-state index in [2.05, 4.69) is 61.4 Å². The highest BCUT2D eigenvalue weighted by atomic mass is 16.6. The monoisotopic (exact) mass is 1090 g/mol. The van der Waals surface area contributed by atoms with E-state index in [0.717, 1.165) is 0 Å². The Morgan fingerprint density at radius 2 is 0.461 bits per heavy atom. The first-order chi connectivity index (χ1) is 37.4. The fraction of sp³-hybridized carbons (Fsp3) is 0.905. The average molecular weight is 1090 g/mol. The number of hydrogen-bond acceptors (Lipinski definition) is 22. The number of carbonyl (C=O) groups excluding carboxylic acids is 4. The first kappa shape index (κ1) is 70.6. The summed E-state index contributed by atoms with van der Waals surface area (Å²) in [7, 11) is 0. The Balaban J connectivity index is 5.31. The molecule has 0 bridgehead atoms. The molecular weight excluding hydrogens is 1010 g/mol. The SMILES string of the molecule is [N-]=[N+]=NCCOCCOCCOCCNC(=O)CN(CCN(CC(=O)NCCOCCOCCOCCN=[N+]=[N-])CC(=O)NCCOCCOCCOCCN=[N+]=[N-])CC(=O)NCCOCCOCCOCCN=[N+]=[N-]. The van der Waals surface area contributed by atoms with Crippen molar-refractivity contribution < 1.29 is 76.0 Å². The van der Waals surface area contributed by atoms with Gasteiger partial charge in [-0.25, -0.2) is 0 Å². The third-order valence-electron chi connectivity index (χ3n) is 9.05. The molecule has 0 aromatic carbocycles. The number of nitrogens with one attached hydrogen (secondary N) is 4. The molecule has 0 aromatic rings. The van der Waals surface area contributed by atoms with Crippen LogP contribution in [0, 0.1) is 0 Å². The van der Waals surface area contributed by atoms with Crippen LogP contribution in [0.5, 0.6) is 0 Å². The van der Waals surface area contributed by atoms with Crippen LogP contribution < -0.4 is 21.3 Å². The van der Waals surface area contributed by atoms with E-state index in [1.54, 1.807) is 9.80 Å². The predicted molar refractivity (Wildman–Crippen MR) is 271 cm³/mol. The minimum atomic E-state index is -0.390. The summed E-state index contributed by atoms with van der Waals surface area (Å²) in [5, 5.41) is 24.6. The van der Waals surface area contributed by atoms with Gasteiger partial charge in [0.25, 0.3) is 0 Å². The quantitative estimate of drug-likeness (QED) is 0.0258. The van der Waals surface area contributed by atoms with Crippen LogP contribution in [0.2, 0.25) is 0 Å². The zero-order valence-corrected chi connectivity index (χ0v) is 43.7. The van der Waals surface area contributed by atoms with Gasteiger partial charge in [0.15, 0.2) is 0 Å². The molecule has 0 aliphatic carbocycles. The number of amides is 4. The van der Waals surface area contributed by atoms with E-state index in [9.17, 15) is 19.2 Å². The third-order valence-corrected chi connectivity index (χ3v) is 9.05. The second-order valence-corrected chi connectivity index (χ2v) is 15.0. The fourth-order valence-corrected chi connectivity index (χ4v) is 5.57. The summed E-state index contributed by atoms with van der Waals surface area (Å²) in [5.41, 5.74) is 33.2. The van der Waals surface area contributed by atoms with E-state index in [-0.39, 0.29) is 168 Å². The summed E-state index contributed by atoms with van der Waals surface area (Å²) in [6.45, 7) is 8.01. The third kappa shape index (κ3) is 54.8. The van der Waals surface area contributed by atoms with Gasteiger partial charge < -0.3 is 78.1 Å². The Morgan fingerprint density at radius 1 is 0.289 bits per heavy atom. The largest absolute Gasteiger partial charge is 0.379 e. The lowest BCUT2D eigenvalue weighted by molar-refractivity contribution is -0.128. The van der Waals surface area contributed by atoms with Crippen LogP contribution in [-0.4, -0.2) is 284 Å². The first-order valence-corrected chi connectivity index (χ1v) is 24.8. The van der Waals surface area contributed by atoms with Crippen molar-refractivity contribution in [3.05, 3.63) is 41.8 Å². The van der Waals surface area contributed by atoms with Gasteiger partial charge in [-0.15, -0.1) is 0 Å². The summed E-state index contributed by atoms with van der Waals surface area (Å²) < 4.78 is 65.0. The van der Waals surface area contributed by atoms with Crippen molar-refractivity contribution in [1.29, 1.82) is 0 Å². The second kappa shape index (κ2) is 58.8. The van der Waals surface area contributed by atoms with Gasteiger partial charge >= 0.3 is 0 Å². The van der Waals surface area contributed by atoms with Crippen LogP contribution in [0.15, 0.2) is 20.5 Å². The molecular formula is C42H80N18O16. The number of nitrogens with zero attached hydrogens (tertiary/aromatic N) is 14. The summed E-state index contributed by atoms with van der Waals surface area (Å²) >= 11 is 0. The zero-order valence-electron chi connectivity index (χ0n) is 43.7. The molecule has 4 amide bonds. The summed E-state index contributed by atoms with van der Waals surface area (Å²) in [4.78, 5) is 66.4. The lowest BCUT2D eigenvalue weighted by Gasteiger charge is -2.26. The molecule has 0 unspecified atom stereocenters. The smallest absolute Gasteiger partial charge is 0.234 e. The molecule has 0 radical (unpaired) electrons. The molecule has 34 nitrogen and oxygen atoms in total. The molecule has 434 valence electrons. The lowest BCUT2D eigenvalue weighted by atomic mass is 10.3. The highest BCUT2D eigenvalue weighted by Gasteiger charge is 2.20. The number of carbonyl (C=O) groups is 4. The molecule has 0 aromatic heterocycles. The van der Waals surface area contributed by atoms with E-state index in [1.807, 2.05) is 0 Å². The van der Waals surface area contributed by atoms with Crippen LogP contribution in [0.3, 0.4) is 0 Å². The fourth-order valence-electron chi connectivity index (χ4n) is 5.57. The highest BCUT2D eigenvalue weighted by Crippen LogP contribution is 1.96. The van der Waals surface area contributed by atoms with Gasteiger partial charge in [0, 0.05) is 85.1 Å². The zero-order chi connectivity index (χ0) is 55.3. The van der Waals surface area contributed by atoms with E-state index in [0.29, 0.717) is 106 Å². The Hall–Kier alpha value is -5.44. The molecule has 0 saturated heterocycles. The molecule has 0 fully saturated rings. The number of ether oxygens (including phenoxy) is 12. The molecule has 0 atom stereocenters. The topological polar surface area (TPSA) is 429 Å². The van der Waals surface area contributed by atoms with Crippen molar-refractivity contribution in [1.82, 2.24) is 31.1 Å². The molecule has 0 aliphatic heterocycles. The van der Waals surface area contributed by atoms with Crippen molar-refractivity contribution in [2.45, 2.75) is 0 Å². The molecule has 0 aliphatic rings. The number of hydrogen-bond donors (Lipinski definition) is 4. The van der Waals surface area contributed by atoms with Gasteiger partial charge in [-0.1, -0.05) is 20.5 Å².